The van der Waals surface area contributed by atoms with Crippen molar-refractivity contribution in [2.24, 2.45) is 5.92 Å². The molecule has 314 valence electrons. The number of aliphatic hydroxyl groups excluding tert-OH is 2. The molecule has 1 saturated carbocycles. The van der Waals surface area contributed by atoms with Crippen molar-refractivity contribution >= 4 is 53.1 Å². The molecule has 27 heteroatoms. The average Bonchev–Trinajstić information content (AvgIpc) is 3.73. The number of hydrogen-bond donors (Lipinski definition) is 11. The molecule has 2 saturated heterocycles. The van der Waals surface area contributed by atoms with Gasteiger partial charge in [-0.1, -0.05) is 24.7 Å². The van der Waals surface area contributed by atoms with Gasteiger partial charge in [0.2, 0.25) is 11.8 Å². The number of thioether (sulfide) groups is 1. The second-order valence-corrected chi connectivity index (χ2v) is 18.9. The third-order valence-corrected chi connectivity index (χ3v) is 14.4. The first-order valence-corrected chi connectivity index (χ1v) is 23.0. The van der Waals surface area contributed by atoms with Crippen LogP contribution in [0.15, 0.2) is 15.8 Å². The third-order valence-electron chi connectivity index (χ3n) is 9.04. The molecule has 4 rings (SSSR count). The van der Waals surface area contributed by atoms with E-state index in [-0.39, 0.29) is 54.9 Å². The van der Waals surface area contributed by atoms with E-state index in [9.17, 15) is 57.7 Å². The fourth-order valence-corrected chi connectivity index (χ4v) is 11.0. The number of carbonyl (C=O) groups is 3. The number of urea groups is 1. The molecule has 1 aliphatic carbocycles. The Bertz CT molecular complexity index is 1920. The van der Waals surface area contributed by atoms with Crippen molar-refractivity contribution in [2.75, 3.05) is 25.4 Å². The van der Waals surface area contributed by atoms with Gasteiger partial charge < -0.3 is 51.1 Å². The van der Waals surface area contributed by atoms with E-state index in [1.165, 1.54) is 0 Å². The van der Waals surface area contributed by atoms with Crippen LogP contribution in [0.1, 0.15) is 69.4 Å². The van der Waals surface area contributed by atoms with Crippen LogP contribution < -0.4 is 32.5 Å². The van der Waals surface area contributed by atoms with Gasteiger partial charge in [0.15, 0.2) is 0 Å². The van der Waals surface area contributed by atoms with Gasteiger partial charge in [-0.2, -0.15) is 20.4 Å². The van der Waals surface area contributed by atoms with Gasteiger partial charge in [-0.3, -0.25) is 28.5 Å². The SMILES string of the molecule is O=C(CCCCCNC(=O)CCCC[C@@H]1SC[C@@H]2NC(=O)N[C@@H]21)NCC#Cc1cn([C@@H]2C[C@H](COP(=O)(O)OP(=O)(O)OP(=O)(O)O)[C@@H](O)[C@H]2O)c(=O)[nH]c1=O. The number of rotatable bonds is 20. The zero-order valence-electron chi connectivity index (χ0n) is 29.7. The topological polar surface area (TPSA) is 354 Å². The van der Waals surface area contributed by atoms with Crippen molar-refractivity contribution in [1.82, 2.24) is 30.8 Å². The Morgan fingerprint density at radius 3 is 2.32 bits per heavy atom. The van der Waals surface area contributed by atoms with Crippen molar-refractivity contribution in [3.8, 4) is 11.8 Å². The van der Waals surface area contributed by atoms with Crippen LogP contribution in [-0.2, 0) is 36.4 Å². The Morgan fingerprint density at radius 2 is 1.61 bits per heavy atom. The molecule has 56 heavy (non-hydrogen) atoms. The largest absolute Gasteiger partial charge is 0.490 e. The van der Waals surface area contributed by atoms with Gasteiger partial charge in [0.05, 0.1) is 37.4 Å². The maximum absolute atomic E-state index is 12.6. The van der Waals surface area contributed by atoms with Crippen LogP contribution in [0.3, 0.4) is 0 Å². The molecule has 2 unspecified atom stereocenters. The lowest BCUT2D eigenvalue weighted by Gasteiger charge is -2.19. The highest BCUT2D eigenvalue weighted by atomic mass is 32.2. The molecule has 3 heterocycles. The molecular weight excluding hydrogens is 829 g/mol. The monoisotopic (exact) mass is 874 g/mol. The molecule has 1 aromatic rings. The van der Waals surface area contributed by atoms with E-state index < -0.39 is 65.5 Å². The lowest BCUT2D eigenvalue weighted by Crippen LogP contribution is -2.38. The first-order valence-electron chi connectivity index (χ1n) is 17.4. The highest BCUT2D eigenvalue weighted by Gasteiger charge is 2.46. The molecule has 3 aliphatic rings. The summed E-state index contributed by atoms with van der Waals surface area (Å²) >= 11 is 1.84. The summed E-state index contributed by atoms with van der Waals surface area (Å²) in [6, 6.07) is -1.01. The molecule has 0 radical (unpaired) electrons. The smallest absolute Gasteiger partial charge is 0.390 e. The predicted octanol–water partition coefficient (Wildman–Crippen LogP) is -0.967. The lowest BCUT2D eigenvalue weighted by molar-refractivity contribution is -0.122. The predicted molar refractivity (Wildman–Crippen MR) is 196 cm³/mol. The van der Waals surface area contributed by atoms with Crippen molar-refractivity contribution in [1.29, 1.82) is 0 Å². The normalized spacial score (nSPS) is 26.5. The number of phosphoric ester groups is 1. The second kappa shape index (κ2) is 20.2. The Kier molecular flexibility index (Phi) is 16.5. The number of H-pyrrole nitrogens is 1. The molecule has 4 amide bonds. The first kappa shape index (κ1) is 45.8. The summed E-state index contributed by atoms with van der Waals surface area (Å²) in [6.07, 6.45) is 2.48. The molecule has 3 fully saturated rings. The van der Waals surface area contributed by atoms with Gasteiger partial charge in [-0.15, -0.1) is 0 Å². The van der Waals surface area contributed by atoms with Gasteiger partial charge in [-0.05, 0) is 32.1 Å². The Hall–Kier alpha value is -2.87. The number of carbonyl (C=O) groups excluding carboxylic acids is 3. The van der Waals surface area contributed by atoms with E-state index in [1.807, 2.05) is 16.7 Å². The number of nitrogens with one attached hydrogen (secondary N) is 5. The average molecular weight is 875 g/mol. The van der Waals surface area contributed by atoms with Gasteiger partial charge in [0.1, 0.15) is 11.7 Å². The molecule has 23 nitrogen and oxygen atoms in total. The number of fused-ring (bicyclic) bond motifs is 1. The number of unbranched alkanes of at least 4 members (excludes halogenated alkanes) is 3. The van der Waals surface area contributed by atoms with Crippen molar-refractivity contribution < 1.29 is 71.0 Å². The van der Waals surface area contributed by atoms with Crippen LogP contribution in [0.4, 0.5) is 4.79 Å². The summed E-state index contributed by atoms with van der Waals surface area (Å²) in [5, 5.41) is 32.8. The molecule has 0 spiro atoms. The summed E-state index contributed by atoms with van der Waals surface area (Å²) in [4.78, 5) is 99.1. The summed E-state index contributed by atoms with van der Waals surface area (Å²) in [5.41, 5.74) is -2.11. The lowest BCUT2D eigenvalue weighted by atomic mass is 10.0. The number of hydrogen-bond acceptors (Lipinski definition) is 14. The van der Waals surface area contributed by atoms with Crippen LogP contribution in [0.25, 0.3) is 0 Å². The summed E-state index contributed by atoms with van der Waals surface area (Å²) < 4.78 is 47.0. The Balaban J connectivity index is 1.13. The number of aromatic amines is 1. The van der Waals surface area contributed by atoms with E-state index in [2.05, 4.69) is 46.3 Å². The maximum Gasteiger partial charge on any atom is 0.490 e. The van der Waals surface area contributed by atoms with Crippen LogP contribution in [0.5, 0.6) is 0 Å². The van der Waals surface area contributed by atoms with Crippen LogP contribution >= 0.6 is 35.2 Å². The fraction of sp³-hybridized carbons (Fsp3) is 0.690. The van der Waals surface area contributed by atoms with E-state index in [1.54, 1.807) is 0 Å². The maximum atomic E-state index is 12.6. The second-order valence-electron chi connectivity index (χ2n) is 13.2. The summed E-state index contributed by atoms with van der Waals surface area (Å²) in [5.74, 6) is 4.47. The number of phosphoric acid groups is 3. The van der Waals surface area contributed by atoms with Gasteiger partial charge in [-0.25, -0.2) is 23.3 Å². The molecule has 0 aromatic carbocycles. The molecule has 1 aromatic heterocycles. The summed E-state index contributed by atoms with van der Waals surface area (Å²) in [6.45, 7) is -0.571. The minimum atomic E-state index is -5.79. The fourth-order valence-electron chi connectivity index (χ4n) is 6.40. The van der Waals surface area contributed by atoms with Crippen LogP contribution in [0.2, 0.25) is 0 Å². The van der Waals surface area contributed by atoms with E-state index in [4.69, 9.17) is 9.79 Å². The van der Waals surface area contributed by atoms with Crippen molar-refractivity contribution in [3.63, 3.8) is 0 Å². The molecule has 11 N–H and O–H groups in total. The van der Waals surface area contributed by atoms with E-state index in [0.717, 1.165) is 35.8 Å². The van der Waals surface area contributed by atoms with E-state index in [0.29, 0.717) is 37.5 Å². The minimum absolute atomic E-state index is 0.0303. The van der Waals surface area contributed by atoms with Crippen molar-refractivity contribution in [3.05, 3.63) is 32.6 Å². The first-order chi connectivity index (χ1) is 26.2. The Labute approximate surface area is 323 Å². The zero-order chi connectivity index (χ0) is 41.3. The Morgan fingerprint density at radius 1 is 0.911 bits per heavy atom. The standard InChI is InChI=1S/C29H45N6O17P3S/c36-22(9-2-1-5-11-30-23(37)10-4-3-8-21-24-19(16-56-21)32-28(41)33-24)31-12-6-7-17-14-35(29(42)34-27(17)40)20-13-18(25(38)26(20)39)15-50-54(46,47)52-55(48,49)51-53(43,44)45/h14,18-21,24-26,38-39H,1-5,8-13,15-16H2,(H,30,37)(H,31,36)(H,46,47)(H,48,49)(H2,32,33,41)(H,34,40,42)(H2,43,44,45)/t18-,19+,20-,21+,24+,25-,26+/m1/s1. The van der Waals surface area contributed by atoms with Crippen LogP contribution in [-0.4, -0.2) is 112 Å². The third kappa shape index (κ3) is 14.2. The van der Waals surface area contributed by atoms with Crippen molar-refractivity contribution in [2.45, 2.75) is 93.4 Å². The van der Waals surface area contributed by atoms with E-state index >= 15 is 0 Å². The zero-order valence-corrected chi connectivity index (χ0v) is 33.2. The number of nitrogens with zero attached hydrogens (tertiary/aromatic N) is 1. The molecule has 0 bridgehead atoms. The number of amides is 4. The minimum Gasteiger partial charge on any atom is -0.390 e. The molecule has 2 aliphatic heterocycles. The van der Waals surface area contributed by atoms with Gasteiger partial charge >= 0.3 is 35.2 Å². The highest BCUT2D eigenvalue weighted by Crippen LogP contribution is 2.66. The van der Waals surface area contributed by atoms with Gasteiger partial charge in [0, 0.05) is 42.5 Å². The number of aromatic nitrogens is 2. The molecule has 9 atom stereocenters. The van der Waals surface area contributed by atoms with Gasteiger partial charge in [0.25, 0.3) is 5.56 Å². The highest BCUT2D eigenvalue weighted by molar-refractivity contribution is 8.00. The quantitative estimate of drug-likeness (QED) is 0.0325. The van der Waals surface area contributed by atoms with Crippen LogP contribution in [0, 0.1) is 17.8 Å². The number of aliphatic hydroxyl groups is 2. The molecular formula is C29H45N6O17P3S. The summed E-state index contributed by atoms with van der Waals surface area (Å²) in [7, 11) is -16.9.